The first-order valence-electron chi connectivity index (χ1n) is 11.1. The Balaban J connectivity index is 1.48. The molecule has 1 amide bonds. The van der Waals surface area contributed by atoms with Crippen molar-refractivity contribution in [2.75, 3.05) is 13.4 Å². The molecule has 7 heteroatoms. The standard InChI is InChI=1S/C27H21NO6/c1-2-31-18-10-8-17(9-11-18)24-23-25(29)19-5-3-4-6-20(19)34-26(23)27(30)28(24)14-16-7-12-21-22(13-16)33-15-32-21/h3-13,24H,2,14-15H2,1H3/t24-/m1/s1. The summed E-state index contributed by atoms with van der Waals surface area (Å²) in [6, 6.07) is 19.5. The molecule has 3 heterocycles. The molecule has 34 heavy (non-hydrogen) atoms. The number of hydrogen-bond acceptors (Lipinski definition) is 6. The minimum absolute atomic E-state index is 0.0864. The maximum atomic E-state index is 13.6. The zero-order valence-corrected chi connectivity index (χ0v) is 18.4. The molecule has 170 valence electrons. The number of fused-ring (bicyclic) bond motifs is 3. The average Bonchev–Trinajstić information content (AvgIpc) is 3.43. The van der Waals surface area contributed by atoms with Crippen molar-refractivity contribution in [2.45, 2.75) is 19.5 Å². The first-order valence-corrected chi connectivity index (χ1v) is 11.1. The largest absolute Gasteiger partial charge is 0.494 e. The molecule has 0 spiro atoms. The lowest BCUT2D eigenvalue weighted by Crippen LogP contribution is -2.29. The van der Waals surface area contributed by atoms with Crippen LogP contribution in [0.3, 0.4) is 0 Å². The zero-order chi connectivity index (χ0) is 23.2. The van der Waals surface area contributed by atoms with Gasteiger partial charge in [-0.2, -0.15) is 0 Å². The molecule has 0 aliphatic carbocycles. The lowest BCUT2D eigenvalue weighted by molar-refractivity contribution is 0.0714. The van der Waals surface area contributed by atoms with E-state index in [4.69, 9.17) is 18.6 Å². The Bertz CT molecular complexity index is 1470. The highest BCUT2D eigenvalue weighted by Crippen LogP contribution is 2.40. The Hall–Kier alpha value is -4.26. The van der Waals surface area contributed by atoms with Crippen molar-refractivity contribution in [3.8, 4) is 17.2 Å². The number of para-hydroxylation sites is 1. The number of amides is 1. The van der Waals surface area contributed by atoms with E-state index in [1.807, 2.05) is 49.4 Å². The molecule has 0 saturated carbocycles. The summed E-state index contributed by atoms with van der Waals surface area (Å²) in [4.78, 5) is 28.8. The number of carbonyl (C=O) groups is 1. The fraction of sp³-hybridized carbons (Fsp3) is 0.185. The van der Waals surface area contributed by atoms with Gasteiger partial charge in [-0.15, -0.1) is 0 Å². The minimum atomic E-state index is -0.593. The monoisotopic (exact) mass is 455 g/mol. The van der Waals surface area contributed by atoms with Gasteiger partial charge in [0.05, 0.1) is 23.6 Å². The Labute approximate surface area is 195 Å². The van der Waals surface area contributed by atoms with E-state index in [0.717, 1.165) is 16.9 Å². The molecule has 1 aromatic heterocycles. The van der Waals surface area contributed by atoms with Crippen LogP contribution in [0.25, 0.3) is 11.0 Å². The molecule has 4 aromatic rings. The van der Waals surface area contributed by atoms with Crippen LogP contribution >= 0.6 is 0 Å². The number of rotatable bonds is 5. The van der Waals surface area contributed by atoms with Gasteiger partial charge in [0.1, 0.15) is 11.3 Å². The van der Waals surface area contributed by atoms with Crippen molar-refractivity contribution in [3.05, 3.63) is 99.4 Å². The van der Waals surface area contributed by atoms with Crippen LogP contribution in [0.1, 0.15) is 40.2 Å². The second-order valence-electron chi connectivity index (χ2n) is 8.20. The predicted molar refractivity (Wildman–Crippen MR) is 124 cm³/mol. The van der Waals surface area contributed by atoms with E-state index in [0.29, 0.717) is 34.6 Å². The van der Waals surface area contributed by atoms with E-state index in [9.17, 15) is 9.59 Å². The fourth-order valence-electron chi connectivity index (χ4n) is 4.63. The summed E-state index contributed by atoms with van der Waals surface area (Å²) in [5.41, 5.74) is 2.22. The maximum absolute atomic E-state index is 13.6. The molecule has 0 saturated heterocycles. The third kappa shape index (κ3) is 3.20. The van der Waals surface area contributed by atoms with Crippen molar-refractivity contribution < 1.29 is 23.4 Å². The quantitative estimate of drug-likeness (QED) is 0.435. The molecular weight excluding hydrogens is 434 g/mol. The molecule has 1 atom stereocenters. The molecule has 0 radical (unpaired) electrons. The first kappa shape index (κ1) is 20.4. The molecule has 2 aliphatic rings. The number of hydrogen-bond donors (Lipinski definition) is 0. The highest BCUT2D eigenvalue weighted by Gasteiger charge is 2.42. The topological polar surface area (TPSA) is 78.2 Å². The van der Waals surface area contributed by atoms with Gasteiger partial charge in [0, 0.05) is 6.54 Å². The van der Waals surface area contributed by atoms with Crippen molar-refractivity contribution >= 4 is 16.9 Å². The summed E-state index contributed by atoms with van der Waals surface area (Å²) >= 11 is 0. The van der Waals surface area contributed by atoms with Gasteiger partial charge in [-0.3, -0.25) is 9.59 Å². The van der Waals surface area contributed by atoms with E-state index in [1.54, 1.807) is 29.2 Å². The fourth-order valence-corrected chi connectivity index (χ4v) is 4.63. The molecule has 3 aromatic carbocycles. The van der Waals surface area contributed by atoms with Gasteiger partial charge in [0.15, 0.2) is 16.9 Å². The summed E-state index contributed by atoms with van der Waals surface area (Å²) < 4.78 is 22.5. The number of carbonyl (C=O) groups excluding carboxylic acids is 1. The summed E-state index contributed by atoms with van der Waals surface area (Å²) in [5.74, 6) is 1.80. The van der Waals surface area contributed by atoms with Crippen LogP contribution in [-0.2, 0) is 6.54 Å². The lowest BCUT2D eigenvalue weighted by atomic mass is 9.98. The second-order valence-corrected chi connectivity index (χ2v) is 8.20. The highest BCUT2D eigenvalue weighted by atomic mass is 16.7. The van der Waals surface area contributed by atoms with Gasteiger partial charge < -0.3 is 23.5 Å². The molecule has 0 fully saturated rings. The van der Waals surface area contributed by atoms with Crippen molar-refractivity contribution in [1.82, 2.24) is 4.90 Å². The summed E-state index contributed by atoms with van der Waals surface area (Å²) in [6.45, 7) is 2.92. The minimum Gasteiger partial charge on any atom is -0.494 e. The lowest BCUT2D eigenvalue weighted by Gasteiger charge is -2.25. The molecule has 0 bridgehead atoms. The van der Waals surface area contributed by atoms with Gasteiger partial charge >= 0.3 is 0 Å². The summed E-state index contributed by atoms with van der Waals surface area (Å²) in [5, 5.41) is 0.454. The van der Waals surface area contributed by atoms with E-state index < -0.39 is 6.04 Å². The number of ether oxygens (including phenoxy) is 3. The molecule has 0 N–H and O–H groups in total. The zero-order valence-electron chi connectivity index (χ0n) is 18.4. The van der Waals surface area contributed by atoms with Crippen molar-refractivity contribution in [3.63, 3.8) is 0 Å². The van der Waals surface area contributed by atoms with Crippen molar-refractivity contribution in [1.29, 1.82) is 0 Å². The number of benzene rings is 3. The summed E-state index contributed by atoms with van der Waals surface area (Å²) in [6.07, 6.45) is 0. The van der Waals surface area contributed by atoms with Crippen LogP contribution in [0.5, 0.6) is 17.2 Å². The van der Waals surface area contributed by atoms with Crippen LogP contribution in [0.2, 0.25) is 0 Å². The smallest absolute Gasteiger partial charge is 0.291 e. The van der Waals surface area contributed by atoms with Crippen LogP contribution in [0.15, 0.2) is 75.9 Å². The Kier molecular flexibility index (Phi) is 4.76. The second kappa shape index (κ2) is 7.95. The van der Waals surface area contributed by atoms with Gasteiger partial charge in [0.25, 0.3) is 5.91 Å². The van der Waals surface area contributed by atoms with Gasteiger partial charge in [-0.05, 0) is 54.4 Å². The van der Waals surface area contributed by atoms with Crippen LogP contribution < -0.4 is 19.6 Å². The average molecular weight is 455 g/mol. The van der Waals surface area contributed by atoms with E-state index >= 15 is 0 Å². The first-order chi connectivity index (χ1) is 16.6. The highest BCUT2D eigenvalue weighted by molar-refractivity contribution is 5.99. The molecule has 7 nitrogen and oxygen atoms in total. The summed E-state index contributed by atoms with van der Waals surface area (Å²) in [7, 11) is 0. The molecule has 6 rings (SSSR count). The van der Waals surface area contributed by atoms with Crippen molar-refractivity contribution in [2.24, 2.45) is 0 Å². The van der Waals surface area contributed by atoms with Crippen LogP contribution in [0.4, 0.5) is 0 Å². The van der Waals surface area contributed by atoms with E-state index in [2.05, 4.69) is 0 Å². The van der Waals surface area contributed by atoms with Gasteiger partial charge in [-0.1, -0.05) is 30.3 Å². The molecular formula is C27H21NO6. The Morgan fingerprint density at radius 1 is 0.971 bits per heavy atom. The van der Waals surface area contributed by atoms with Crippen LogP contribution in [-0.4, -0.2) is 24.2 Å². The molecule has 2 aliphatic heterocycles. The predicted octanol–water partition coefficient (Wildman–Crippen LogP) is 4.67. The Morgan fingerprint density at radius 3 is 2.59 bits per heavy atom. The third-order valence-corrected chi connectivity index (χ3v) is 6.17. The SMILES string of the molecule is CCOc1ccc([C@@H]2c3c(oc4ccccc4c3=O)C(=O)N2Cc2ccc3c(c2)OCO3)cc1. The molecule has 0 unspecified atom stereocenters. The number of nitrogens with zero attached hydrogens (tertiary/aromatic N) is 1. The maximum Gasteiger partial charge on any atom is 0.291 e. The third-order valence-electron chi connectivity index (χ3n) is 6.17. The van der Waals surface area contributed by atoms with Crippen LogP contribution in [0, 0.1) is 0 Å². The van der Waals surface area contributed by atoms with Gasteiger partial charge in [-0.25, -0.2) is 0 Å². The van der Waals surface area contributed by atoms with Gasteiger partial charge in [0.2, 0.25) is 12.6 Å². The van der Waals surface area contributed by atoms with E-state index in [-0.39, 0.29) is 30.4 Å². The normalized spacial score (nSPS) is 16.2. The van der Waals surface area contributed by atoms with E-state index in [1.165, 1.54) is 0 Å². The Morgan fingerprint density at radius 2 is 1.76 bits per heavy atom.